The Bertz CT molecular complexity index is 460. The van der Waals surface area contributed by atoms with Crippen LogP contribution in [0, 0.1) is 0 Å². The minimum Gasteiger partial charge on any atom is -0.193 e. The number of hydrogen-bond donors (Lipinski definition) is 0. The number of unbranched alkanes of at least 4 members (excludes halogenated alkanes) is 19. The zero-order chi connectivity index (χ0) is 20.8. The largest absolute Gasteiger partial charge is 0.247 e. The summed E-state index contributed by atoms with van der Waals surface area (Å²) in [6.45, 7) is 3.44. The van der Waals surface area contributed by atoms with Gasteiger partial charge in [-0.3, -0.25) is 0 Å². The Balaban J connectivity index is 1.70. The highest BCUT2D eigenvalue weighted by molar-refractivity contribution is 9.10. The molecule has 1 aromatic rings. The molecule has 0 aliphatic heterocycles. The van der Waals surface area contributed by atoms with Crippen LogP contribution in [0.25, 0.3) is 0 Å². The predicted molar refractivity (Wildman–Crippen MR) is 132 cm³/mol. The molecular weight excluding hydrogens is 418 g/mol. The van der Waals surface area contributed by atoms with Gasteiger partial charge < -0.3 is 0 Å². The molecule has 1 heterocycles. The Morgan fingerprint density at radius 1 is 0.552 bits per heavy atom. The molecule has 0 N–H and O–H groups in total. The molecule has 0 saturated carbocycles. The first-order valence-electron chi connectivity index (χ1n) is 13.0. The molecule has 0 radical (unpaired) electrons. The van der Waals surface area contributed by atoms with Crippen LogP contribution in [-0.2, 0) is 6.54 Å². The maximum absolute atomic E-state index is 3.62. The molecule has 2 heteroatoms. The maximum atomic E-state index is 3.62. The third-order valence-corrected chi connectivity index (χ3v) is 6.86. The second kappa shape index (κ2) is 20.9. The zero-order valence-corrected chi connectivity index (χ0v) is 21.1. The lowest BCUT2D eigenvalue weighted by molar-refractivity contribution is -0.708. The van der Waals surface area contributed by atoms with Crippen LogP contribution in [-0.4, -0.2) is 0 Å². The summed E-state index contributed by atoms with van der Waals surface area (Å²) >= 11 is 3.62. The van der Waals surface area contributed by atoms with Crippen molar-refractivity contribution in [3.8, 4) is 0 Å². The fourth-order valence-electron chi connectivity index (χ4n) is 4.17. The predicted octanol–water partition coefficient (Wildman–Crippen LogP) is 9.56. The zero-order valence-electron chi connectivity index (χ0n) is 19.5. The maximum Gasteiger partial charge on any atom is 0.247 e. The van der Waals surface area contributed by atoms with E-state index in [1.807, 2.05) is 0 Å². The fourth-order valence-corrected chi connectivity index (χ4v) is 4.62. The van der Waals surface area contributed by atoms with E-state index in [1.165, 1.54) is 133 Å². The normalized spacial score (nSPS) is 11.2. The second-order valence-corrected chi connectivity index (χ2v) is 9.75. The van der Waals surface area contributed by atoms with Crippen LogP contribution < -0.4 is 4.57 Å². The lowest BCUT2D eigenvalue weighted by atomic mass is 10.0. The van der Waals surface area contributed by atoms with Gasteiger partial charge in [0.15, 0.2) is 6.20 Å². The molecule has 0 amide bonds. The van der Waals surface area contributed by atoms with Gasteiger partial charge in [-0.25, -0.2) is 0 Å². The van der Waals surface area contributed by atoms with E-state index in [0.29, 0.717) is 0 Å². The summed E-state index contributed by atoms with van der Waals surface area (Å²) in [7, 11) is 0. The van der Waals surface area contributed by atoms with Crippen LogP contribution in [0.1, 0.15) is 135 Å². The molecule has 1 nitrogen and oxygen atoms in total. The van der Waals surface area contributed by atoms with Gasteiger partial charge in [0, 0.05) is 34.5 Å². The first kappa shape index (κ1) is 26.7. The van der Waals surface area contributed by atoms with E-state index in [1.54, 1.807) is 0 Å². The minimum absolute atomic E-state index is 1.14. The Hall–Kier alpha value is -0.370. The van der Waals surface area contributed by atoms with Crippen LogP contribution >= 0.6 is 15.9 Å². The van der Waals surface area contributed by atoms with E-state index in [9.17, 15) is 0 Å². The van der Waals surface area contributed by atoms with Crippen molar-refractivity contribution in [2.75, 3.05) is 0 Å². The summed E-state index contributed by atoms with van der Waals surface area (Å²) in [5, 5.41) is 0. The Kier molecular flexibility index (Phi) is 19.2. The quantitative estimate of drug-likeness (QED) is 0.0962. The molecule has 0 spiro atoms. The number of rotatable bonds is 21. The van der Waals surface area contributed by atoms with E-state index < -0.39 is 0 Å². The summed E-state index contributed by atoms with van der Waals surface area (Å²) in [5.74, 6) is 0. The van der Waals surface area contributed by atoms with Crippen molar-refractivity contribution in [3.63, 3.8) is 0 Å². The molecule has 1 aromatic heterocycles. The highest BCUT2D eigenvalue weighted by atomic mass is 79.9. The van der Waals surface area contributed by atoms with Crippen molar-refractivity contribution in [2.45, 2.75) is 142 Å². The van der Waals surface area contributed by atoms with Gasteiger partial charge in [0.05, 0.1) is 0 Å². The topological polar surface area (TPSA) is 3.88 Å². The standard InChI is InChI=1S/C27H49BrN/c1-2-3-4-5-6-7-8-9-10-11-12-13-14-15-16-17-18-19-20-22-25-29-26-23-21-24-27(29)28/h21,23-24,26H,2-20,22,25H2,1H3/q+1. The number of hydrogen-bond acceptors (Lipinski definition) is 0. The van der Waals surface area contributed by atoms with Crippen molar-refractivity contribution in [3.05, 3.63) is 29.0 Å². The summed E-state index contributed by atoms with van der Waals surface area (Å²) in [6.07, 6.45) is 31.1. The Morgan fingerprint density at radius 2 is 0.931 bits per heavy atom. The number of aromatic nitrogens is 1. The molecule has 1 rings (SSSR count). The lowest BCUT2D eigenvalue weighted by Crippen LogP contribution is -2.34. The van der Waals surface area contributed by atoms with Gasteiger partial charge in [0.1, 0.15) is 6.54 Å². The minimum atomic E-state index is 1.14. The fraction of sp³-hybridized carbons (Fsp3) is 0.815. The van der Waals surface area contributed by atoms with Crippen molar-refractivity contribution >= 4 is 15.9 Å². The lowest BCUT2D eigenvalue weighted by Gasteiger charge is -2.04. The van der Waals surface area contributed by atoms with E-state index >= 15 is 0 Å². The molecule has 0 bridgehead atoms. The molecule has 0 unspecified atom stereocenters. The second-order valence-electron chi connectivity index (χ2n) is 8.93. The first-order valence-corrected chi connectivity index (χ1v) is 13.8. The van der Waals surface area contributed by atoms with Gasteiger partial charge in [-0.05, 0) is 12.5 Å². The van der Waals surface area contributed by atoms with Crippen molar-refractivity contribution in [1.82, 2.24) is 0 Å². The molecule has 29 heavy (non-hydrogen) atoms. The van der Waals surface area contributed by atoms with E-state index in [0.717, 1.165) is 6.54 Å². The van der Waals surface area contributed by atoms with Gasteiger partial charge in [-0.2, -0.15) is 4.57 Å². The van der Waals surface area contributed by atoms with Crippen LogP contribution in [0.5, 0.6) is 0 Å². The van der Waals surface area contributed by atoms with E-state index in [2.05, 4.69) is 51.8 Å². The van der Waals surface area contributed by atoms with Crippen molar-refractivity contribution in [2.24, 2.45) is 0 Å². The van der Waals surface area contributed by atoms with Gasteiger partial charge in [-0.15, -0.1) is 0 Å². The molecular formula is C27H49BrN+. The monoisotopic (exact) mass is 466 g/mol. The van der Waals surface area contributed by atoms with Gasteiger partial charge in [-0.1, -0.05) is 122 Å². The third-order valence-electron chi connectivity index (χ3n) is 6.14. The summed E-state index contributed by atoms with van der Waals surface area (Å²) in [6, 6.07) is 6.32. The van der Waals surface area contributed by atoms with Crippen LogP contribution in [0.4, 0.5) is 0 Å². The van der Waals surface area contributed by atoms with Crippen molar-refractivity contribution in [1.29, 1.82) is 0 Å². The highest BCUT2D eigenvalue weighted by Gasteiger charge is 2.04. The SMILES string of the molecule is CCCCCCCCCCCCCCCCCCCCCC[n+]1ccccc1Br. The molecule has 0 fully saturated rings. The van der Waals surface area contributed by atoms with Gasteiger partial charge in [0.2, 0.25) is 4.60 Å². The van der Waals surface area contributed by atoms with Gasteiger partial charge in [0.25, 0.3) is 0 Å². The van der Waals surface area contributed by atoms with Crippen molar-refractivity contribution < 1.29 is 4.57 Å². The third kappa shape index (κ3) is 17.0. The van der Waals surface area contributed by atoms with Crippen LogP contribution in [0.3, 0.4) is 0 Å². The Labute approximate surface area is 191 Å². The average molecular weight is 468 g/mol. The Morgan fingerprint density at radius 3 is 1.31 bits per heavy atom. The molecule has 168 valence electrons. The number of aryl methyl sites for hydroxylation is 1. The number of halogens is 1. The summed E-state index contributed by atoms with van der Waals surface area (Å²) < 4.78 is 3.49. The van der Waals surface area contributed by atoms with Crippen LogP contribution in [0.15, 0.2) is 29.0 Å². The average Bonchev–Trinajstić information content (AvgIpc) is 2.73. The first-order chi connectivity index (χ1) is 14.3. The molecule has 0 saturated heterocycles. The summed E-state index contributed by atoms with van der Waals surface area (Å²) in [5.41, 5.74) is 0. The molecule has 0 aliphatic rings. The van der Waals surface area contributed by atoms with E-state index in [-0.39, 0.29) is 0 Å². The number of pyridine rings is 1. The molecule has 0 atom stereocenters. The van der Waals surface area contributed by atoms with Crippen LogP contribution in [0.2, 0.25) is 0 Å². The number of nitrogens with zero attached hydrogens (tertiary/aromatic N) is 1. The van der Waals surface area contributed by atoms with E-state index in [4.69, 9.17) is 0 Å². The van der Waals surface area contributed by atoms with Gasteiger partial charge >= 0.3 is 0 Å². The molecule has 0 aromatic carbocycles. The summed E-state index contributed by atoms with van der Waals surface area (Å²) in [4.78, 5) is 0. The molecule has 0 aliphatic carbocycles. The highest BCUT2D eigenvalue weighted by Crippen LogP contribution is 2.14. The smallest absolute Gasteiger partial charge is 0.193 e.